The number of aryl methyl sites for hydroxylation is 3. The van der Waals surface area contributed by atoms with E-state index in [9.17, 15) is 4.79 Å². The van der Waals surface area contributed by atoms with Crippen molar-refractivity contribution < 1.29 is 9.53 Å². The molecule has 0 saturated carbocycles. The molecule has 0 aliphatic rings. The predicted octanol–water partition coefficient (Wildman–Crippen LogP) is 5.26. The molecule has 0 spiro atoms. The molecule has 0 aliphatic heterocycles. The molecule has 2 aromatic carbocycles. The van der Waals surface area contributed by atoms with Crippen LogP contribution in [0.4, 0.5) is 5.69 Å². The first-order valence-corrected chi connectivity index (χ1v) is 10.9. The number of hydrogen-bond acceptors (Lipinski definition) is 5. The molecule has 8 heteroatoms. The highest BCUT2D eigenvalue weighted by Crippen LogP contribution is 2.26. The maximum absolute atomic E-state index is 12.3. The second-order valence-corrected chi connectivity index (χ2v) is 8.63. The first kappa shape index (κ1) is 22.2. The van der Waals surface area contributed by atoms with E-state index < -0.39 is 0 Å². The minimum Gasteiger partial charge on any atom is -0.483 e. The summed E-state index contributed by atoms with van der Waals surface area (Å²) >= 11 is 7.41. The molecule has 1 aromatic heterocycles. The summed E-state index contributed by atoms with van der Waals surface area (Å²) in [6.07, 6.45) is -0.304. The third-order valence-corrected chi connectivity index (χ3v) is 5.96. The van der Waals surface area contributed by atoms with Crippen molar-refractivity contribution >= 4 is 35.0 Å². The smallest absolute Gasteiger partial charge is 0.234 e. The van der Waals surface area contributed by atoms with E-state index in [0.717, 1.165) is 28.1 Å². The van der Waals surface area contributed by atoms with Crippen molar-refractivity contribution in [1.82, 2.24) is 14.8 Å². The highest BCUT2D eigenvalue weighted by molar-refractivity contribution is 7.99. The van der Waals surface area contributed by atoms with E-state index in [0.29, 0.717) is 16.0 Å². The minimum absolute atomic E-state index is 0.0875. The second kappa shape index (κ2) is 9.53. The van der Waals surface area contributed by atoms with Crippen LogP contribution in [0.3, 0.4) is 0 Å². The summed E-state index contributed by atoms with van der Waals surface area (Å²) in [7, 11) is 1.87. The van der Waals surface area contributed by atoms with Crippen LogP contribution < -0.4 is 10.1 Å². The molecule has 3 rings (SSSR count). The normalized spacial score (nSPS) is 11.9. The molecule has 1 amide bonds. The molecule has 0 saturated heterocycles. The van der Waals surface area contributed by atoms with Crippen molar-refractivity contribution in [2.75, 3.05) is 11.1 Å². The number of halogens is 1. The molecule has 6 nitrogen and oxygen atoms in total. The van der Waals surface area contributed by atoms with Gasteiger partial charge in [0, 0.05) is 17.8 Å². The van der Waals surface area contributed by atoms with Crippen LogP contribution in [-0.4, -0.2) is 26.4 Å². The molecule has 1 atom stereocenters. The lowest BCUT2D eigenvalue weighted by molar-refractivity contribution is -0.113. The predicted molar refractivity (Wildman–Crippen MR) is 122 cm³/mol. The first-order chi connectivity index (χ1) is 14.2. The number of nitrogens with zero attached hydrogens (tertiary/aromatic N) is 3. The largest absolute Gasteiger partial charge is 0.483 e. The zero-order valence-electron chi connectivity index (χ0n) is 17.7. The molecule has 1 unspecified atom stereocenters. The first-order valence-electron chi connectivity index (χ1n) is 9.56. The number of hydrogen-bond donors (Lipinski definition) is 1. The number of ether oxygens (including phenoxy) is 1. The van der Waals surface area contributed by atoms with Crippen LogP contribution >= 0.6 is 23.4 Å². The van der Waals surface area contributed by atoms with E-state index in [2.05, 4.69) is 21.6 Å². The van der Waals surface area contributed by atoms with Gasteiger partial charge in [0.2, 0.25) is 5.91 Å². The highest BCUT2D eigenvalue weighted by Gasteiger charge is 2.18. The van der Waals surface area contributed by atoms with Gasteiger partial charge in [0.1, 0.15) is 5.75 Å². The lowest BCUT2D eigenvalue weighted by atomic mass is 10.1. The van der Waals surface area contributed by atoms with Crippen LogP contribution in [0.15, 0.2) is 41.6 Å². The summed E-state index contributed by atoms with van der Waals surface area (Å²) in [6, 6.07) is 11.5. The number of nitrogens with one attached hydrogen (secondary N) is 1. The fourth-order valence-electron chi connectivity index (χ4n) is 3.13. The Morgan fingerprint density at radius 2 is 1.87 bits per heavy atom. The summed E-state index contributed by atoms with van der Waals surface area (Å²) in [5.74, 6) is 1.55. The molecular weight excluding hydrogens is 420 g/mol. The van der Waals surface area contributed by atoms with Gasteiger partial charge in [-0.2, -0.15) is 0 Å². The molecule has 158 valence electrons. The number of carbonyl (C=O) groups excluding carboxylic acids is 1. The van der Waals surface area contributed by atoms with Crippen molar-refractivity contribution in [3.8, 4) is 5.75 Å². The van der Waals surface area contributed by atoms with Crippen LogP contribution in [0.1, 0.15) is 35.5 Å². The number of anilines is 1. The van der Waals surface area contributed by atoms with Crippen LogP contribution in [0.5, 0.6) is 5.75 Å². The van der Waals surface area contributed by atoms with Crippen LogP contribution in [0.25, 0.3) is 0 Å². The van der Waals surface area contributed by atoms with E-state index in [4.69, 9.17) is 16.3 Å². The van der Waals surface area contributed by atoms with E-state index >= 15 is 0 Å². The van der Waals surface area contributed by atoms with Crippen LogP contribution in [-0.2, 0) is 11.8 Å². The average Bonchev–Trinajstić information content (AvgIpc) is 3.03. The van der Waals surface area contributed by atoms with Gasteiger partial charge in [-0.3, -0.25) is 4.79 Å². The molecule has 0 radical (unpaired) electrons. The van der Waals surface area contributed by atoms with E-state index in [1.807, 2.05) is 69.6 Å². The molecular formula is C22H25ClN4O2S. The summed E-state index contributed by atoms with van der Waals surface area (Å²) in [4.78, 5) is 12.3. The summed E-state index contributed by atoms with van der Waals surface area (Å²) in [6.45, 7) is 7.86. The molecule has 0 bridgehead atoms. The number of amides is 1. The number of benzene rings is 2. The summed E-state index contributed by atoms with van der Waals surface area (Å²) < 4.78 is 7.84. The lowest BCUT2D eigenvalue weighted by Crippen LogP contribution is -2.15. The van der Waals surface area contributed by atoms with Gasteiger partial charge in [0.25, 0.3) is 0 Å². The van der Waals surface area contributed by atoms with Crippen molar-refractivity contribution in [3.05, 3.63) is 63.9 Å². The molecule has 0 fully saturated rings. The maximum Gasteiger partial charge on any atom is 0.234 e. The quantitative estimate of drug-likeness (QED) is 0.503. The van der Waals surface area contributed by atoms with Gasteiger partial charge in [-0.25, -0.2) is 0 Å². The fourth-order valence-corrected chi connectivity index (χ4v) is 3.96. The summed E-state index contributed by atoms with van der Waals surface area (Å²) in [5, 5.41) is 12.7. The Morgan fingerprint density at radius 1 is 1.17 bits per heavy atom. The molecule has 30 heavy (non-hydrogen) atoms. The Bertz CT molecular complexity index is 1050. The Morgan fingerprint density at radius 3 is 2.53 bits per heavy atom. The minimum atomic E-state index is -0.304. The van der Waals surface area contributed by atoms with Gasteiger partial charge in [0.05, 0.1) is 5.75 Å². The second-order valence-electron chi connectivity index (χ2n) is 7.28. The van der Waals surface area contributed by atoms with Gasteiger partial charge < -0.3 is 14.6 Å². The zero-order valence-corrected chi connectivity index (χ0v) is 19.3. The van der Waals surface area contributed by atoms with Gasteiger partial charge in [-0.15, -0.1) is 10.2 Å². The Hall–Kier alpha value is -2.51. The standard InChI is InChI=1S/C22H25ClN4O2S/c1-13-8-14(2)10-17(9-13)24-20(28)12-30-22-26-25-21(27(22)5)16(4)29-18-6-7-19(23)15(3)11-18/h6-11,16H,12H2,1-5H3,(H,24,28). The Balaban J connectivity index is 1.60. The van der Waals surface area contributed by atoms with E-state index in [1.54, 1.807) is 0 Å². The van der Waals surface area contributed by atoms with Crippen molar-refractivity contribution in [1.29, 1.82) is 0 Å². The van der Waals surface area contributed by atoms with Crippen molar-refractivity contribution in [3.63, 3.8) is 0 Å². The van der Waals surface area contributed by atoms with Crippen LogP contribution in [0, 0.1) is 20.8 Å². The zero-order chi connectivity index (χ0) is 21.8. The summed E-state index contributed by atoms with van der Waals surface area (Å²) in [5.41, 5.74) is 3.98. The highest BCUT2D eigenvalue weighted by atomic mass is 35.5. The Kier molecular flexibility index (Phi) is 7.05. The lowest BCUT2D eigenvalue weighted by Gasteiger charge is -2.15. The van der Waals surface area contributed by atoms with Gasteiger partial charge in [0.15, 0.2) is 17.1 Å². The third-order valence-electron chi connectivity index (χ3n) is 4.51. The number of aromatic nitrogens is 3. The van der Waals surface area contributed by atoms with Crippen molar-refractivity contribution in [2.45, 2.75) is 39.0 Å². The van der Waals surface area contributed by atoms with Crippen molar-refractivity contribution in [2.24, 2.45) is 7.05 Å². The topological polar surface area (TPSA) is 69.0 Å². The number of thioether (sulfide) groups is 1. The van der Waals surface area contributed by atoms with E-state index in [-0.39, 0.29) is 17.8 Å². The fraction of sp³-hybridized carbons (Fsp3) is 0.318. The van der Waals surface area contributed by atoms with Gasteiger partial charge in [-0.1, -0.05) is 29.4 Å². The van der Waals surface area contributed by atoms with Gasteiger partial charge >= 0.3 is 0 Å². The molecule has 1 N–H and O–H groups in total. The number of rotatable bonds is 7. The van der Waals surface area contributed by atoms with Gasteiger partial charge in [-0.05, 0) is 74.7 Å². The van der Waals surface area contributed by atoms with Crippen LogP contribution in [0.2, 0.25) is 5.02 Å². The molecule has 1 heterocycles. The third kappa shape index (κ3) is 5.55. The number of carbonyl (C=O) groups is 1. The molecule has 0 aliphatic carbocycles. The Labute approximate surface area is 186 Å². The SMILES string of the molecule is Cc1cc(C)cc(NC(=O)CSc2nnc(C(C)Oc3ccc(Cl)c(C)c3)n2C)c1. The monoisotopic (exact) mass is 444 g/mol. The molecule has 3 aromatic rings. The van der Waals surface area contributed by atoms with E-state index in [1.165, 1.54) is 11.8 Å². The average molecular weight is 445 g/mol. The maximum atomic E-state index is 12.3.